The maximum absolute atomic E-state index is 10.5. The Morgan fingerprint density at radius 1 is 1.15 bits per heavy atom. The van der Waals surface area contributed by atoms with E-state index >= 15 is 0 Å². The van der Waals surface area contributed by atoms with Crippen LogP contribution in [0.3, 0.4) is 0 Å². The maximum Gasteiger partial charge on any atom is 0.161 e. The average Bonchev–Trinajstić information content (AvgIpc) is 3.02. The highest BCUT2D eigenvalue weighted by molar-refractivity contribution is 5.76. The Morgan fingerprint density at radius 2 is 1.93 bits per heavy atom. The molecule has 3 aromatic rings. The standard InChI is InChI=1S/C22H26N2O3/c1-5-8-16-11-12-19(20(15-16)26-4)27-14-13-24-18-10-7-6-9-17(18)23-21(24)22(2,3)25/h5-12,15,25H,13-14H2,1-4H3/b8-5+. The molecule has 0 radical (unpaired) electrons. The lowest BCUT2D eigenvalue weighted by molar-refractivity contribution is 0.0644. The fourth-order valence-electron chi connectivity index (χ4n) is 3.12. The largest absolute Gasteiger partial charge is 0.493 e. The van der Waals surface area contributed by atoms with E-state index in [0.717, 1.165) is 16.6 Å². The van der Waals surface area contributed by atoms with Gasteiger partial charge in [0, 0.05) is 0 Å². The van der Waals surface area contributed by atoms with Gasteiger partial charge in [-0.25, -0.2) is 4.98 Å². The summed E-state index contributed by atoms with van der Waals surface area (Å²) in [5, 5.41) is 10.5. The van der Waals surface area contributed by atoms with Gasteiger partial charge in [0.25, 0.3) is 0 Å². The summed E-state index contributed by atoms with van der Waals surface area (Å²) < 4.78 is 13.4. The quantitative estimate of drug-likeness (QED) is 0.674. The van der Waals surface area contributed by atoms with E-state index in [9.17, 15) is 5.11 Å². The molecule has 3 rings (SSSR count). The third-order valence-electron chi connectivity index (χ3n) is 4.32. The number of methoxy groups -OCH3 is 1. The van der Waals surface area contributed by atoms with Gasteiger partial charge in [0.05, 0.1) is 24.7 Å². The number of hydrogen-bond acceptors (Lipinski definition) is 4. The van der Waals surface area contributed by atoms with Crippen molar-refractivity contribution in [2.24, 2.45) is 0 Å². The minimum Gasteiger partial charge on any atom is -0.493 e. The van der Waals surface area contributed by atoms with Gasteiger partial charge >= 0.3 is 0 Å². The van der Waals surface area contributed by atoms with Crippen molar-refractivity contribution >= 4 is 17.1 Å². The molecule has 0 spiro atoms. The van der Waals surface area contributed by atoms with E-state index in [2.05, 4.69) is 4.98 Å². The number of imidazole rings is 1. The van der Waals surface area contributed by atoms with Crippen molar-refractivity contribution in [1.29, 1.82) is 0 Å². The number of rotatable bonds is 7. The first-order chi connectivity index (χ1) is 12.9. The summed E-state index contributed by atoms with van der Waals surface area (Å²) in [6.45, 7) is 6.47. The predicted octanol–water partition coefficient (Wildman–Crippen LogP) is 4.38. The Hall–Kier alpha value is -2.79. The van der Waals surface area contributed by atoms with Crippen LogP contribution in [0.25, 0.3) is 17.1 Å². The number of aromatic nitrogens is 2. The Bertz CT molecular complexity index is 952. The summed E-state index contributed by atoms with van der Waals surface area (Å²) >= 11 is 0. The molecule has 2 aromatic carbocycles. The second kappa shape index (κ2) is 7.84. The molecule has 0 amide bonds. The van der Waals surface area contributed by atoms with Crippen molar-refractivity contribution in [2.75, 3.05) is 13.7 Å². The van der Waals surface area contributed by atoms with Crippen LogP contribution >= 0.6 is 0 Å². The molecule has 0 bridgehead atoms. The van der Waals surface area contributed by atoms with Crippen molar-refractivity contribution in [3.63, 3.8) is 0 Å². The minimum absolute atomic E-state index is 0.433. The molecule has 142 valence electrons. The molecular weight excluding hydrogens is 340 g/mol. The van der Waals surface area contributed by atoms with Crippen LogP contribution in [-0.4, -0.2) is 28.4 Å². The number of para-hydroxylation sites is 2. The lowest BCUT2D eigenvalue weighted by atomic mass is 10.1. The van der Waals surface area contributed by atoms with Crippen LogP contribution in [-0.2, 0) is 12.1 Å². The van der Waals surface area contributed by atoms with Gasteiger partial charge in [-0.15, -0.1) is 0 Å². The van der Waals surface area contributed by atoms with E-state index in [0.29, 0.717) is 30.5 Å². The van der Waals surface area contributed by atoms with E-state index in [1.54, 1.807) is 21.0 Å². The lowest BCUT2D eigenvalue weighted by Crippen LogP contribution is -2.23. The van der Waals surface area contributed by atoms with Crippen LogP contribution in [0.4, 0.5) is 0 Å². The number of ether oxygens (including phenoxy) is 2. The van der Waals surface area contributed by atoms with Gasteiger partial charge in [-0.05, 0) is 50.6 Å². The van der Waals surface area contributed by atoms with Gasteiger partial charge < -0.3 is 19.1 Å². The highest BCUT2D eigenvalue weighted by Gasteiger charge is 2.24. The molecule has 5 heteroatoms. The van der Waals surface area contributed by atoms with Gasteiger partial charge in [0.2, 0.25) is 0 Å². The number of fused-ring (bicyclic) bond motifs is 1. The molecule has 5 nitrogen and oxygen atoms in total. The van der Waals surface area contributed by atoms with Crippen molar-refractivity contribution in [2.45, 2.75) is 32.9 Å². The smallest absolute Gasteiger partial charge is 0.161 e. The Kier molecular flexibility index (Phi) is 5.51. The van der Waals surface area contributed by atoms with Crippen LogP contribution in [0.1, 0.15) is 32.2 Å². The molecule has 1 heterocycles. The van der Waals surface area contributed by atoms with Crippen LogP contribution in [0.2, 0.25) is 0 Å². The van der Waals surface area contributed by atoms with E-state index in [1.807, 2.05) is 66.1 Å². The Labute approximate surface area is 159 Å². The number of nitrogens with zero attached hydrogens (tertiary/aromatic N) is 2. The first-order valence-electron chi connectivity index (χ1n) is 9.05. The van der Waals surface area contributed by atoms with Crippen molar-refractivity contribution in [1.82, 2.24) is 9.55 Å². The lowest BCUT2D eigenvalue weighted by Gasteiger charge is -2.19. The van der Waals surface area contributed by atoms with Crippen LogP contribution < -0.4 is 9.47 Å². The SMILES string of the molecule is C/C=C/c1ccc(OCCn2c(C(C)(C)O)nc3ccccc32)c(OC)c1. The molecule has 0 aliphatic carbocycles. The van der Waals surface area contributed by atoms with Crippen molar-refractivity contribution in [3.8, 4) is 11.5 Å². The van der Waals surface area contributed by atoms with Gasteiger partial charge in [0.1, 0.15) is 18.0 Å². The molecule has 0 saturated heterocycles. The maximum atomic E-state index is 10.5. The molecule has 0 aliphatic rings. The molecule has 1 aromatic heterocycles. The molecular formula is C22H26N2O3. The van der Waals surface area contributed by atoms with Gasteiger partial charge in [-0.3, -0.25) is 0 Å². The molecule has 0 aliphatic heterocycles. The van der Waals surface area contributed by atoms with Gasteiger partial charge in [-0.2, -0.15) is 0 Å². The molecule has 27 heavy (non-hydrogen) atoms. The molecule has 0 unspecified atom stereocenters. The van der Waals surface area contributed by atoms with Gasteiger partial charge in [-0.1, -0.05) is 30.4 Å². The van der Waals surface area contributed by atoms with Gasteiger partial charge in [0.15, 0.2) is 11.5 Å². The fraction of sp³-hybridized carbons (Fsp3) is 0.318. The number of benzene rings is 2. The highest BCUT2D eigenvalue weighted by Crippen LogP contribution is 2.29. The summed E-state index contributed by atoms with van der Waals surface area (Å²) in [7, 11) is 1.64. The number of aliphatic hydroxyl groups is 1. The van der Waals surface area contributed by atoms with E-state index < -0.39 is 5.60 Å². The molecule has 1 N–H and O–H groups in total. The summed E-state index contributed by atoms with van der Waals surface area (Å²) in [6, 6.07) is 13.7. The third kappa shape index (κ3) is 4.14. The second-order valence-corrected chi connectivity index (χ2v) is 6.89. The summed E-state index contributed by atoms with van der Waals surface area (Å²) in [5.74, 6) is 2.02. The average molecular weight is 366 g/mol. The first-order valence-corrected chi connectivity index (χ1v) is 9.05. The Balaban J connectivity index is 1.82. The van der Waals surface area contributed by atoms with E-state index in [1.165, 1.54) is 0 Å². The first kappa shape index (κ1) is 19.0. The number of allylic oxidation sites excluding steroid dienone is 1. The highest BCUT2D eigenvalue weighted by atomic mass is 16.5. The predicted molar refractivity (Wildman–Crippen MR) is 108 cm³/mol. The normalized spacial score (nSPS) is 12.0. The van der Waals surface area contributed by atoms with E-state index in [-0.39, 0.29) is 0 Å². The zero-order chi connectivity index (χ0) is 19.4. The summed E-state index contributed by atoms with van der Waals surface area (Å²) in [4.78, 5) is 4.60. The third-order valence-corrected chi connectivity index (χ3v) is 4.32. The van der Waals surface area contributed by atoms with E-state index in [4.69, 9.17) is 9.47 Å². The zero-order valence-electron chi connectivity index (χ0n) is 16.3. The fourth-order valence-corrected chi connectivity index (χ4v) is 3.12. The van der Waals surface area contributed by atoms with Crippen molar-refractivity contribution in [3.05, 3.63) is 59.9 Å². The topological polar surface area (TPSA) is 56.5 Å². The zero-order valence-corrected chi connectivity index (χ0v) is 16.3. The molecule has 0 atom stereocenters. The minimum atomic E-state index is -1.04. The van der Waals surface area contributed by atoms with Crippen molar-refractivity contribution < 1.29 is 14.6 Å². The summed E-state index contributed by atoms with van der Waals surface area (Å²) in [5.41, 5.74) is 1.87. The number of hydrogen-bond donors (Lipinski definition) is 1. The summed E-state index contributed by atoms with van der Waals surface area (Å²) in [6.07, 6.45) is 4.00. The van der Waals surface area contributed by atoms with Crippen LogP contribution in [0, 0.1) is 0 Å². The Morgan fingerprint density at radius 3 is 2.63 bits per heavy atom. The van der Waals surface area contributed by atoms with Crippen LogP contribution in [0.5, 0.6) is 11.5 Å². The molecule has 0 saturated carbocycles. The second-order valence-electron chi connectivity index (χ2n) is 6.89. The molecule has 0 fully saturated rings. The monoisotopic (exact) mass is 366 g/mol. The van der Waals surface area contributed by atoms with Crippen LogP contribution in [0.15, 0.2) is 48.5 Å².